The highest BCUT2D eigenvalue weighted by Gasteiger charge is 2.33. The highest BCUT2D eigenvalue weighted by molar-refractivity contribution is 6.18. The van der Waals surface area contributed by atoms with Crippen molar-refractivity contribution in [1.82, 2.24) is 10.2 Å². The summed E-state index contributed by atoms with van der Waals surface area (Å²) in [4.78, 5) is 28.9. The van der Waals surface area contributed by atoms with Gasteiger partial charge in [0.15, 0.2) is 0 Å². The molecule has 4 heteroatoms. The number of nitrogens with one attached hydrogen (secondary N) is 1. The molecule has 5 aromatic rings. The van der Waals surface area contributed by atoms with E-state index in [-0.39, 0.29) is 19.2 Å². The summed E-state index contributed by atoms with van der Waals surface area (Å²) >= 11 is 0. The number of nitrogens with zero attached hydrogens (tertiary/aromatic N) is 1. The van der Waals surface area contributed by atoms with Crippen molar-refractivity contribution in [3.8, 4) is 0 Å². The molecule has 4 nitrogen and oxygen atoms in total. The van der Waals surface area contributed by atoms with Gasteiger partial charge < -0.3 is 10.2 Å². The Kier molecular flexibility index (Phi) is 6.62. The molecule has 1 aliphatic rings. The van der Waals surface area contributed by atoms with Crippen LogP contribution in [0.2, 0.25) is 0 Å². The van der Waals surface area contributed by atoms with Crippen molar-refractivity contribution in [3.63, 3.8) is 0 Å². The maximum atomic E-state index is 13.6. The van der Waals surface area contributed by atoms with Crippen molar-refractivity contribution in [2.24, 2.45) is 0 Å². The van der Waals surface area contributed by atoms with Gasteiger partial charge in [0.05, 0.1) is 5.56 Å². The normalized spacial score (nSPS) is 15.4. The molecule has 1 fully saturated rings. The number of rotatable bonds is 7. The first-order valence-electron chi connectivity index (χ1n) is 13.3. The Balaban J connectivity index is 0.00000308. The minimum atomic E-state index is -0.507. The molecule has 1 unspecified atom stereocenters. The second kappa shape index (κ2) is 10.5. The smallest absolute Gasteiger partial charge is 0.253 e. The van der Waals surface area contributed by atoms with Crippen LogP contribution in [-0.2, 0) is 4.79 Å². The Labute approximate surface area is 224 Å². The molecule has 1 heterocycles. The number of amides is 2. The van der Waals surface area contributed by atoms with Crippen molar-refractivity contribution in [2.45, 2.75) is 24.8 Å². The van der Waals surface area contributed by atoms with Gasteiger partial charge in [0, 0.05) is 20.4 Å². The van der Waals surface area contributed by atoms with Crippen molar-refractivity contribution in [3.05, 3.63) is 132 Å². The third-order valence-electron chi connectivity index (χ3n) is 7.69. The zero-order chi connectivity index (χ0) is 25.9. The van der Waals surface area contributed by atoms with Gasteiger partial charge in [0.1, 0.15) is 6.04 Å². The molecule has 1 saturated heterocycles. The van der Waals surface area contributed by atoms with Crippen molar-refractivity contribution < 1.29 is 11.0 Å². The highest BCUT2D eigenvalue weighted by atomic mass is 16.2. The fourth-order valence-electron chi connectivity index (χ4n) is 5.77. The third kappa shape index (κ3) is 4.66. The van der Waals surface area contributed by atoms with E-state index in [4.69, 9.17) is 0 Å². The Morgan fingerprint density at radius 3 is 1.89 bits per heavy atom. The summed E-state index contributed by atoms with van der Waals surface area (Å²) in [5.41, 5.74) is 3.13. The predicted octanol–water partition coefficient (Wildman–Crippen LogP) is 6.79. The zero-order valence-corrected chi connectivity index (χ0v) is 21.2. The van der Waals surface area contributed by atoms with Crippen LogP contribution in [0.25, 0.3) is 21.5 Å². The lowest BCUT2D eigenvalue weighted by Crippen LogP contribution is -2.42. The van der Waals surface area contributed by atoms with Gasteiger partial charge in [0.25, 0.3) is 5.91 Å². The van der Waals surface area contributed by atoms with Gasteiger partial charge in [0.2, 0.25) is 5.91 Å². The molecule has 5 aromatic carbocycles. The summed E-state index contributed by atoms with van der Waals surface area (Å²) in [5.74, 6) is 0.0216. The van der Waals surface area contributed by atoms with Crippen LogP contribution < -0.4 is 5.32 Å². The van der Waals surface area contributed by atoms with Crippen LogP contribution in [-0.4, -0.2) is 35.8 Å². The highest BCUT2D eigenvalue weighted by Crippen LogP contribution is 2.30. The van der Waals surface area contributed by atoms with Gasteiger partial charge in [-0.3, -0.25) is 9.59 Å². The Bertz CT molecular complexity index is 1510. The molecule has 0 spiro atoms. The minimum absolute atomic E-state index is 0. The Morgan fingerprint density at radius 1 is 0.789 bits per heavy atom. The fraction of sp³-hybridized carbons (Fsp3) is 0.176. The summed E-state index contributed by atoms with van der Waals surface area (Å²) in [5, 5.41) is 6.92. The van der Waals surface area contributed by atoms with Crippen LogP contribution >= 0.6 is 0 Å². The number of benzene rings is 5. The lowest BCUT2D eigenvalue weighted by Gasteiger charge is -2.23. The van der Waals surface area contributed by atoms with E-state index >= 15 is 0 Å². The van der Waals surface area contributed by atoms with Gasteiger partial charge in [-0.25, -0.2) is 0 Å². The van der Waals surface area contributed by atoms with E-state index in [1.807, 2.05) is 65.6 Å². The first kappa shape index (κ1) is 23.9. The topological polar surface area (TPSA) is 49.4 Å². The summed E-state index contributed by atoms with van der Waals surface area (Å²) in [6.45, 7) is 1.30. The quantitative estimate of drug-likeness (QED) is 0.250. The largest absolute Gasteiger partial charge is 0.341 e. The maximum absolute atomic E-state index is 13.6. The molecule has 0 aromatic heterocycles. The van der Waals surface area contributed by atoms with Gasteiger partial charge in [-0.15, -0.1) is 0 Å². The number of fused-ring (bicyclic) bond motifs is 2. The van der Waals surface area contributed by atoms with Gasteiger partial charge >= 0.3 is 0 Å². The molecule has 0 saturated carbocycles. The number of hydrogen-bond donors (Lipinski definition) is 1. The number of carbonyl (C=O) groups excluding carboxylic acids is 2. The van der Waals surface area contributed by atoms with Crippen molar-refractivity contribution in [1.29, 1.82) is 0 Å². The summed E-state index contributed by atoms with van der Waals surface area (Å²) < 4.78 is 0. The lowest BCUT2D eigenvalue weighted by atomic mass is 9.88. The van der Waals surface area contributed by atoms with Crippen molar-refractivity contribution >= 4 is 33.4 Å². The molecular weight excluding hydrogens is 468 g/mol. The molecular formula is C34H32N2O2. The van der Waals surface area contributed by atoms with Gasteiger partial charge in [-0.1, -0.05) is 109 Å². The summed E-state index contributed by atoms with van der Waals surface area (Å²) in [7, 11) is 0. The van der Waals surface area contributed by atoms with E-state index in [1.54, 1.807) is 0 Å². The van der Waals surface area contributed by atoms with Crippen molar-refractivity contribution in [2.75, 3.05) is 13.1 Å². The standard InChI is InChI=1S/C34H30N2O2.H2/c37-33(32-29-17-9-7-15-26(29)23-27-16-8-10-18-30(27)32)35-31-20-22-36(34(31)38)21-19-28(24-11-3-1-4-12-24)25-13-5-2-6-14-25;/h1-18,23,28,31H,19-22H2,(H,35,37);1H. The zero-order valence-electron chi connectivity index (χ0n) is 21.2. The molecule has 0 aliphatic carbocycles. The minimum Gasteiger partial charge on any atom is -0.341 e. The van der Waals surface area contributed by atoms with Gasteiger partial charge in [-0.05, 0) is 51.6 Å². The summed E-state index contributed by atoms with van der Waals surface area (Å²) in [6, 6.07) is 38.4. The predicted molar refractivity (Wildman–Crippen MR) is 155 cm³/mol. The number of likely N-dealkylation sites (tertiary alicyclic amines) is 1. The molecule has 190 valence electrons. The average molecular weight is 501 g/mol. The monoisotopic (exact) mass is 500 g/mol. The number of hydrogen-bond acceptors (Lipinski definition) is 2. The van der Waals surface area contributed by atoms with Crippen LogP contribution in [0.3, 0.4) is 0 Å². The van der Waals surface area contributed by atoms with E-state index < -0.39 is 6.04 Å². The Morgan fingerprint density at radius 2 is 1.32 bits per heavy atom. The van der Waals surface area contributed by atoms with E-state index in [9.17, 15) is 9.59 Å². The first-order valence-corrected chi connectivity index (χ1v) is 13.3. The Hall–Kier alpha value is -4.44. The van der Waals surface area contributed by atoms with Crippen LogP contribution in [0.4, 0.5) is 0 Å². The van der Waals surface area contributed by atoms with Crippen LogP contribution in [0.1, 0.15) is 41.7 Å². The molecule has 1 atom stereocenters. The van der Waals surface area contributed by atoms with Crippen LogP contribution in [0.5, 0.6) is 0 Å². The molecule has 38 heavy (non-hydrogen) atoms. The van der Waals surface area contributed by atoms with E-state index in [2.05, 4.69) is 59.9 Å². The molecule has 1 aliphatic heterocycles. The molecule has 0 bridgehead atoms. The van der Waals surface area contributed by atoms with E-state index in [0.717, 1.165) is 28.0 Å². The lowest BCUT2D eigenvalue weighted by molar-refractivity contribution is -0.129. The SMILES string of the molecule is O=C(NC1CCN(CCC(c2ccccc2)c2ccccc2)C1=O)c1c2ccccc2cc2ccccc12.[HH]. The summed E-state index contributed by atoms with van der Waals surface area (Å²) in [6.07, 6.45) is 1.45. The second-order valence-electron chi connectivity index (χ2n) is 10.00. The van der Waals surface area contributed by atoms with Gasteiger partial charge in [-0.2, -0.15) is 0 Å². The van der Waals surface area contributed by atoms with Crippen LogP contribution in [0.15, 0.2) is 115 Å². The third-order valence-corrected chi connectivity index (χ3v) is 7.69. The van der Waals surface area contributed by atoms with E-state index in [1.165, 1.54) is 11.1 Å². The number of carbonyl (C=O) groups is 2. The maximum Gasteiger partial charge on any atom is 0.253 e. The van der Waals surface area contributed by atoms with E-state index in [0.29, 0.717) is 25.1 Å². The fourth-order valence-corrected chi connectivity index (χ4v) is 5.77. The second-order valence-corrected chi connectivity index (χ2v) is 10.00. The molecule has 6 rings (SSSR count). The first-order chi connectivity index (χ1) is 18.7. The van der Waals surface area contributed by atoms with Crippen LogP contribution in [0, 0.1) is 0 Å². The molecule has 0 radical (unpaired) electrons. The molecule has 2 amide bonds. The molecule has 1 N–H and O–H groups in total. The average Bonchev–Trinajstić information content (AvgIpc) is 3.31.